The van der Waals surface area contributed by atoms with Crippen molar-refractivity contribution in [3.05, 3.63) is 71.0 Å². The third kappa shape index (κ3) is 4.32. The Morgan fingerprint density at radius 3 is 2.55 bits per heavy atom. The van der Waals surface area contributed by atoms with Crippen LogP contribution in [0.15, 0.2) is 53.5 Å². The van der Waals surface area contributed by atoms with E-state index in [1.165, 1.54) is 18.2 Å². The van der Waals surface area contributed by atoms with Crippen molar-refractivity contribution in [1.82, 2.24) is 10.6 Å². The van der Waals surface area contributed by atoms with Crippen LogP contribution in [0.25, 0.3) is 0 Å². The van der Waals surface area contributed by atoms with Gasteiger partial charge in [-0.1, -0.05) is 30.3 Å². The number of hydrogen-bond acceptors (Lipinski definition) is 2. The van der Waals surface area contributed by atoms with Gasteiger partial charge in [0.1, 0.15) is 5.82 Å². The Morgan fingerprint density at radius 1 is 1.14 bits per heavy atom. The van der Waals surface area contributed by atoms with Crippen molar-refractivity contribution in [3.8, 4) is 6.07 Å². The molecular weight excluding hydrogens is 279 g/mol. The Labute approximate surface area is 129 Å². The summed E-state index contributed by atoms with van der Waals surface area (Å²) in [4.78, 5) is 4.10. The lowest BCUT2D eigenvalue weighted by Gasteiger charge is -2.12. The van der Waals surface area contributed by atoms with Crippen molar-refractivity contribution in [3.63, 3.8) is 0 Å². The quantitative estimate of drug-likeness (QED) is 0.673. The van der Waals surface area contributed by atoms with Crippen molar-refractivity contribution < 1.29 is 4.39 Å². The Hall–Kier alpha value is -2.87. The zero-order valence-electron chi connectivity index (χ0n) is 12.3. The molecule has 0 saturated carbocycles. The maximum atomic E-state index is 13.7. The summed E-state index contributed by atoms with van der Waals surface area (Å²) in [6.07, 6.45) is 0. The van der Waals surface area contributed by atoms with E-state index >= 15 is 0 Å². The zero-order chi connectivity index (χ0) is 15.8. The molecule has 0 atom stereocenters. The monoisotopic (exact) mass is 296 g/mol. The van der Waals surface area contributed by atoms with Gasteiger partial charge in [-0.3, -0.25) is 4.99 Å². The van der Waals surface area contributed by atoms with Crippen LogP contribution in [0.3, 0.4) is 0 Å². The van der Waals surface area contributed by atoms with E-state index in [9.17, 15) is 4.39 Å². The SMILES string of the molecule is CN=C(NCc1ccccc1)NCc1cc(C#N)ccc1F. The molecular formula is C17H17FN4. The Balaban J connectivity index is 1.93. The molecule has 4 nitrogen and oxygen atoms in total. The second-order valence-electron chi connectivity index (χ2n) is 4.68. The first kappa shape index (κ1) is 15.5. The molecule has 2 aromatic rings. The van der Waals surface area contributed by atoms with E-state index in [0.717, 1.165) is 5.56 Å². The fourth-order valence-electron chi connectivity index (χ4n) is 1.96. The molecule has 112 valence electrons. The molecule has 0 fully saturated rings. The van der Waals surface area contributed by atoms with Gasteiger partial charge in [-0.2, -0.15) is 5.26 Å². The standard InChI is InChI=1S/C17H17FN4/c1-20-17(21-11-13-5-3-2-4-6-13)22-12-15-9-14(10-19)7-8-16(15)18/h2-9H,11-12H2,1H3,(H2,20,21,22). The molecule has 22 heavy (non-hydrogen) atoms. The number of rotatable bonds is 4. The van der Waals surface area contributed by atoms with Gasteiger partial charge in [0, 0.05) is 25.7 Å². The van der Waals surface area contributed by atoms with Gasteiger partial charge in [0.05, 0.1) is 11.6 Å². The van der Waals surface area contributed by atoms with E-state index in [2.05, 4.69) is 15.6 Å². The second-order valence-corrected chi connectivity index (χ2v) is 4.68. The summed E-state index contributed by atoms with van der Waals surface area (Å²) in [6, 6.07) is 16.2. The van der Waals surface area contributed by atoms with Gasteiger partial charge in [-0.25, -0.2) is 4.39 Å². The Morgan fingerprint density at radius 2 is 1.86 bits per heavy atom. The van der Waals surface area contributed by atoms with Crippen LogP contribution >= 0.6 is 0 Å². The summed E-state index contributed by atoms with van der Waals surface area (Å²) < 4.78 is 13.7. The predicted octanol–water partition coefficient (Wildman–Crippen LogP) is 2.56. The molecule has 0 heterocycles. The van der Waals surface area contributed by atoms with E-state index in [0.29, 0.717) is 23.6 Å². The number of hydrogen-bond donors (Lipinski definition) is 2. The Bertz CT molecular complexity index is 690. The highest BCUT2D eigenvalue weighted by Crippen LogP contribution is 2.09. The van der Waals surface area contributed by atoms with Gasteiger partial charge in [-0.05, 0) is 23.8 Å². The van der Waals surface area contributed by atoms with Gasteiger partial charge in [-0.15, -0.1) is 0 Å². The van der Waals surface area contributed by atoms with Crippen LogP contribution < -0.4 is 10.6 Å². The number of guanidine groups is 1. The van der Waals surface area contributed by atoms with Gasteiger partial charge in [0.25, 0.3) is 0 Å². The van der Waals surface area contributed by atoms with Crippen LogP contribution in [0.2, 0.25) is 0 Å². The zero-order valence-corrected chi connectivity index (χ0v) is 12.3. The third-order valence-electron chi connectivity index (χ3n) is 3.15. The molecule has 0 bridgehead atoms. The summed E-state index contributed by atoms with van der Waals surface area (Å²) in [5.41, 5.74) is 2.00. The molecule has 0 spiro atoms. The smallest absolute Gasteiger partial charge is 0.191 e. The van der Waals surface area contributed by atoms with Crippen LogP contribution in [0.5, 0.6) is 0 Å². The fourth-order valence-corrected chi connectivity index (χ4v) is 1.96. The minimum Gasteiger partial charge on any atom is -0.352 e. The predicted molar refractivity (Wildman–Crippen MR) is 84.6 cm³/mol. The normalized spacial score (nSPS) is 10.9. The van der Waals surface area contributed by atoms with Crippen LogP contribution in [0.1, 0.15) is 16.7 Å². The van der Waals surface area contributed by atoms with Crippen molar-refractivity contribution >= 4 is 5.96 Å². The summed E-state index contributed by atoms with van der Waals surface area (Å²) >= 11 is 0. The van der Waals surface area contributed by atoms with Crippen molar-refractivity contribution in [2.75, 3.05) is 7.05 Å². The number of benzene rings is 2. The lowest BCUT2D eigenvalue weighted by atomic mass is 10.1. The maximum absolute atomic E-state index is 13.7. The Kier molecular flexibility index (Phi) is 5.50. The van der Waals surface area contributed by atoms with E-state index in [1.807, 2.05) is 36.4 Å². The first-order chi connectivity index (χ1) is 10.7. The number of nitriles is 1. The topological polar surface area (TPSA) is 60.2 Å². The molecule has 0 saturated heterocycles. The van der Waals surface area contributed by atoms with Gasteiger partial charge in [0.2, 0.25) is 0 Å². The first-order valence-electron chi connectivity index (χ1n) is 6.90. The first-order valence-corrected chi connectivity index (χ1v) is 6.90. The van der Waals surface area contributed by atoms with Crippen molar-refractivity contribution in [1.29, 1.82) is 5.26 Å². The number of nitrogens with zero attached hydrogens (tertiary/aromatic N) is 2. The van der Waals surface area contributed by atoms with Crippen molar-refractivity contribution in [2.24, 2.45) is 4.99 Å². The van der Waals surface area contributed by atoms with Gasteiger partial charge in [0.15, 0.2) is 5.96 Å². The van der Waals surface area contributed by atoms with Gasteiger partial charge >= 0.3 is 0 Å². The van der Waals surface area contributed by atoms with Crippen LogP contribution in [0.4, 0.5) is 4.39 Å². The van der Waals surface area contributed by atoms with Crippen molar-refractivity contribution in [2.45, 2.75) is 13.1 Å². The average Bonchev–Trinajstić information content (AvgIpc) is 2.57. The molecule has 0 radical (unpaired) electrons. The molecule has 0 aromatic heterocycles. The molecule has 0 aliphatic rings. The van der Waals surface area contributed by atoms with E-state index in [4.69, 9.17) is 5.26 Å². The van der Waals surface area contributed by atoms with Crippen LogP contribution in [-0.2, 0) is 13.1 Å². The maximum Gasteiger partial charge on any atom is 0.191 e. The lowest BCUT2D eigenvalue weighted by Crippen LogP contribution is -2.36. The largest absolute Gasteiger partial charge is 0.352 e. The molecule has 5 heteroatoms. The fraction of sp³-hybridized carbons (Fsp3) is 0.176. The number of nitrogens with one attached hydrogen (secondary N) is 2. The molecule has 0 amide bonds. The summed E-state index contributed by atoms with van der Waals surface area (Å²) in [6.45, 7) is 0.886. The highest BCUT2D eigenvalue weighted by atomic mass is 19.1. The minimum atomic E-state index is -0.343. The summed E-state index contributed by atoms with van der Waals surface area (Å²) in [7, 11) is 1.66. The molecule has 2 N–H and O–H groups in total. The molecule has 0 aliphatic heterocycles. The average molecular weight is 296 g/mol. The minimum absolute atomic E-state index is 0.260. The molecule has 0 unspecified atom stereocenters. The van der Waals surface area contributed by atoms with Crippen LogP contribution in [-0.4, -0.2) is 13.0 Å². The second kappa shape index (κ2) is 7.79. The summed E-state index contributed by atoms with van der Waals surface area (Å²) in [5.74, 6) is 0.232. The lowest BCUT2D eigenvalue weighted by molar-refractivity contribution is 0.604. The molecule has 2 rings (SSSR count). The number of halogens is 1. The molecule has 0 aliphatic carbocycles. The summed E-state index contributed by atoms with van der Waals surface area (Å²) in [5, 5.41) is 15.1. The third-order valence-corrected chi connectivity index (χ3v) is 3.15. The highest BCUT2D eigenvalue weighted by Gasteiger charge is 2.05. The van der Waals surface area contributed by atoms with E-state index in [-0.39, 0.29) is 12.4 Å². The van der Waals surface area contributed by atoms with E-state index in [1.54, 1.807) is 7.05 Å². The highest BCUT2D eigenvalue weighted by molar-refractivity contribution is 5.79. The number of aliphatic imine (C=N–C) groups is 1. The van der Waals surface area contributed by atoms with E-state index < -0.39 is 0 Å². The van der Waals surface area contributed by atoms with Crippen LogP contribution in [0, 0.1) is 17.1 Å². The molecule has 2 aromatic carbocycles. The van der Waals surface area contributed by atoms with Gasteiger partial charge < -0.3 is 10.6 Å².